The van der Waals surface area contributed by atoms with E-state index in [2.05, 4.69) is 29.6 Å². The average molecular weight is 365 g/mol. The van der Waals surface area contributed by atoms with E-state index in [-0.39, 0.29) is 12.4 Å². The van der Waals surface area contributed by atoms with Crippen molar-refractivity contribution >= 4 is 0 Å². The summed E-state index contributed by atoms with van der Waals surface area (Å²) in [7, 11) is 1.61. The molecule has 4 heteroatoms. The summed E-state index contributed by atoms with van der Waals surface area (Å²) >= 11 is 0. The Hall–Kier alpha value is -2.85. The molecule has 0 amide bonds. The van der Waals surface area contributed by atoms with Crippen LogP contribution < -0.4 is 14.8 Å². The molecule has 27 heavy (non-hydrogen) atoms. The van der Waals surface area contributed by atoms with Gasteiger partial charge in [0.2, 0.25) is 0 Å². The summed E-state index contributed by atoms with van der Waals surface area (Å²) in [6, 6.07) is 22.8. The molecular weight excluding hydrogens is 341 g/mol. The summed E-state index contributed by atoms with van der Waals surface area (Å²) < 4.78 is 24.9. The van der Waals surface area contributed by atoms with Gasteiger partial charge < -0.3 is 14.8 Å². The van der Waals surface area contributed by atoms with E-state index in [1.54, 1.807) is 25.3 Å². The van der Waals surface area contributed by atoms with Crippen molar-refractivity contribution in [2.24, 2.45) is 0 Å². The second-order valence-corrected chi connectivity index (χ2v) is 6.28. The van der Waals surface area contributed by atoms with Crippen LogP contribution in [-0.4, -0.2) is 13.7 Å². The number of hydrogen-bond acceptors (Lipinski definition) is 3. The van der Waals surface area contributed by atoms with Crippen molar-refractivity contribution in [3.63, 3.8) is 0 Å². The number of hydrogen-bond donors (Lipinski definition) is 1. The Morgan fingerprint density at radius 1 is 0.852 bits per heavy atom. The highest BCUT2D eigenvalue weighted by Gasteiger charge is 2.08. The lowest BCUT2D eigenvalue weighted by atomic mass is 10.1. The summed E-state index contributed by atoms with van der Waals surface area (Å²) in [5, 5.41) is 3.44. The minimum absolute atomic E-state index is 0.164. The van der Waals surface area contributed by atoms with Crippen LogP contribution >= 0.6 is 0 Å². The van der Waals surface area contributed by atoms with Gasteiger partial charge in [0.05, 0.1) is 7.11 Å². The number of halogens is 1. The van der Waals surface area contributed by atoms with E-state index >= 15 is 0 Å². The van der Waals surface area contributed by atoms with Gasteiger partial charge in [-0.15, -0.1) is 0 Å². The molecule has 3 rings (SSSR count). The molecule has 0 aromatic heterocycles. The molecule has 3 nitrogen and oxygen atoms in total. The molecule has 0 aliphatic heterocycles. The van der Waals surface area contributed by atoms with Crippen LogP contribution in [0.2, 0.25) is 0 Å². The summed E-state index contributed by atoms with van der Waals surface area (Å²) in [6.45, 7) is 1.81. The van der Waals surface area contributed by atoms with E-state index in [1.165, 1.54) is 11.6 Å². The lowest BCUT2D eigenvalue weighted by molar-refractivity contribution is 0.279. The lowest BCUT2D eigenvalue weighted by Gasteiger charge is -2.13. The summed E-state index contributed by atoms with van der Waals surface area (Å²) in [4.78, 5) is 0. The minimum Gasteiger partial charge on any atom is -0.493 e. The Labute approximate surface area is 159 Å². The highest BCUT2D eigenvalue weighted by Crippen LogP contribution is 2.29. The van der Waals surface area contributed by atoms with Gasteiger partial charge in [-0.2, -0.15) is 0 Å². The van der Waals surface area contributed by atoms with Crippen LogP contribution in [0, 0.1) is 5.82 Å². The van der Waals surface area contributed by atoms with E-state index in [1.807, 2.05) is 24.3 Å². The van der Waals surface area contributed by atoms with Crippen molar-refractivity contribution in [1.29, 1.82) is 0 Å². The van der Waals surface area contributed by atoms with Crippen LogP contribution in [0.4, 0.5) is 4.39 Å². The van der Waals surface area contributed by atoms with Crippen molar-refractivity contribution in [2.75, 3.05) is 13.7 Å². The quantitative estimate of drug-likeness (QED) is 0.555. The fourth-order valence-electron chi connectivity index (χ4n) is 2.82. The van der Waals surface area contributed by atoms with Crippen LogP contribution in [0.25, 0.3) is 0 Å². The van der Waals surface area contributed by atoms with Gasteiger partial charge in [0, 0.05) is 12.1 Å². The minimum atomic E-state index is -0.268. The molecule has 1 N–H and O–H groups in total. The number of ether oxygens (including phenoxy) is 2. The summed E-state index contributed by atoms with van der Waals surface area (Å²) in [6.07, 6.45) is 0.988. The number of benzene rings is 3. The third-order valence-electron chi connectivity index (χ3n) is 4.33. The Bertz CT molecular complexity index is 852. The molecule has 0 radical (unpaired) electrons. The Morgan fingerprint density at radius 3 is 2.41 bits per heavy atom. The Balaban J connectivity index is 1.53. The van der Waals surface area contributed by atoms with E-state index in [0.717, 1.165) is 25.1 Å². The zero-order chi connectivity index (χ0) is 18.9. The zero-order valence-corrected chi connectivity index (χ0v) is 15.5. The maximum absolute atomic E-state index is 13.7. The fraction of sp³-hybridized carbons (Fsp3) is 0.217. The zero-order valence-electron chi connectivity index (χ0n) is 15.5. The molecule has 0 saturated heterocycles. The highest BCUT2D eigenvalue weighted by molar-refractivity contribution is 5.43. The molecule has 3 aromatic rings. The van der Waals surface area contributed by atoms with Crippen LogP contribution in [0.15, 0.2) is 72.8 Å². The van der Waals surface area contributed by atoms with Crippen molar-refractivity contribution in [1.82, 2.24) is 5.32 Å². The largest absolute Gasteiger partial charge is 0.493 e. The second kappa shape index (κ2) is 9.74. The Kier molecular flexibility index (Phi) is 6.83. The molecule has 0 heterocycles. The normalized spacial score (nSPS) is 10.6. The molecule has 0 atom stereocenters. The van der Waals surface area contributed by atoms with Gasteiger partial charge in [-0.3, -0.25) is 0 Å². The van der Waals surface area contributed by atoms with E-state index in [9.17, 15) is 4.39 Å². The van der Waals surface area contributed by atoms with Gasteiger partial charge in [-0.25, -0.2) is 4.39 Å². The van der Waals surface area contributed by atoms with Gasteiger partial charge in [0.15, 0.2) is 11.5 Å². The molecule has 0 spiro atoms. The van der Waals surface area contributed by atoms with E-state index in [0.29, 0.717) is 17.1 Å². The van der Waals surface area contributed by atoms with Crippen LogP contribution in [0.1, 0.15) is 16.7 Å². The Morgan fingerprint density at radius 2 is 1.63 bits per heavy atom. The topological polar surface area (TPSA) is 30.5 Å². The van der Waals surface area contributed by atoms with E-state index in [4.69, 9.17) is 9.47 Å². The molecule has 140 valence electrons. The second-order valence-electron chi connectivity index (χ2n) is 6.28. The number of rotatable bonds is 9. The molecule has 0 bridgehead atoms. The molecule has 0 aliphatic carbocycles. The van der Waals surface area contributed by atoms with Crippen LogP contribution in [0.3, 0.4) is 0 Å². The molecule has 0 fully saturated rings. The van der Waals surface area contributed by atoms with Crippen molar-refractivity contribution in [3.8, 4) is 11.5 Å². The van der Waals surface area contributed by atoms with E-state index < -0.39 is 0 Å². The number of methoxy groups -OCH3 is 1. The maximum atomic E-state index is 13.7. The fourth-order valence-corrected chi connectivity index (χ4v) is 2.82. The van der Waals surface area contributed by atoms with Crippen LogP contribution in [0.5, 0.6) is 11.5 Å². The smallest absolute Gasteiger partial charge is 0.161 e. The molecule has 0 unspecified atom stereocenters. The SMILES string of the molecule is COc1cc(CNCCc2ccccc2)ccc1OCc1ccccc1F. The van der Waals surface area contributed by atoms with Crippen molar-refractivity contribution in [2.45, 2.75) is 19.6 Å². The summed E-state index contributed by atoms with van der Waals surface area (Å²) in [5.41, 5.74) is 2.95. The van der Waals surface area contributed by atoms with Crippen molar-refractivity contribution < 1.29 is 13.9 Å². The third-order valence-corrected chi connectivity index (χ3v) is 4.33. The monoisotopic (exact) mass is 365 g/mol. The molecule has 3 aromatic carbocycles. The molecule has 0 saturated carbocycles. The van der Waals surface area contributed by atoms with Gasteiger partial charge in [-0.05, 0) is 42.3 Å². The highest BCUT2D eigenvalue weighted by atomic mass is 19.1. The lowest BCUT2D eigenvalue weighted by Crippen LogP contribution is -2.16. The standard InChI is InChI=1S/C23H24FNO2/c1-26-23-15-19(16-25-14-13-18-7-3-2-4-8-18)11-12-22(23)27-17-20-9-5-6-10-21(20)24/h2-12,15,25H,13-14,16-17H2,1H3. The first-order valence-electron chi connectivity index (χ1n) is 9.04. The first-order valence-corrected chi connectivity index (χ1v) is 9.04. The van der Waals surface area contributed by atoms with Crippen molar-refractivity contribution in [3.05, 3.63) is 95.3 Å². The average Bonchev–Trinajstić information content (AvgIpc) is 2.72. The van der Waals surface area contributed by atoms with Crippen LogP contribution in [-0.2, 0) is 19.6 Å². The molecule has 0 aliphatic rings. The maximum Gasteiger partial charge on any atom is 0.161 e. The van der Waals surface area contributed by atoms with Gasteiger partial charge in [0.25, 0.3) is 0 Å². The predicted octanol–water partition coefficient (Wildman–Crippen LogP) is 4.75. The number of nitrogens with one attached hydrogen (secondary N) is 1. The third kappa shape index (κ3) is 5.56. The van der Waals surface area contributed by atoms with Gasteiger partial charge in [-0.1, -0.05) is 54.6 Å². The van der Waals surface area contributed by atoms with Gasteiger partial charge >= 0.3 is 0 Å². The predicted molar refractivity (Wildman–Crippen MR) is 106 cm³/mol. The van der Waals surface area contributed by atoms with Gasteiger partial charge in [0.1, 0.15) is 12.4 Å². The molecular formula is C23H24FNO2. The first kappa shape index (κ1) is 18.9. The first-order chi connectivity index (χ1) is 13.3. The summed E-state index contributed by atoms with van der Waals surface area (Å²) in [5.74, 6) is 0.984.